The normalized spacial score (nSPS) is 28.5. The molecule has 0 bridgehead atoms. The Morgan fingerprint density at radius 3 is 2.73 bits per heavy atom. The van der Waals surface area contributed by atoms with E-state index in [1.54, 1.807) is 29.4 Å². The molecule has 5 rings (SSSR count). The minimum atomic E-state index is -0.781. The van der Waals surface area contributed by atoms with Gasteiger partial charge in [0.1, 0.15) is 17.2 Å². The van der Waals surface area contributed by atoms with Crippen LogP contribution in [0.2, 0.25) is 0 Å². The van der Waals surface area contributed by atoms with Crippen LogP contribution < -0.4 is 5.32 Å². The highest BCUT2D eigenvalue weighted by atomic mass is 35.5. The number of pyridine rings is 1. The molecular weight excluding hydrogens is 466 g/mol. The number of halogens is 1. The number of aliphatic hydroxyl groups excluding tert-OH is 1. The van der Waals surface area contributed by atoms with E-state index in [-0.39, 0.29) is 41.5 Å². The average Bonchev–Trinajstić information content (AvgIpc) is 3.56. The molecule has 0 spiro atoms. The monoisotopic (exact) mass is 491 g/mol. The lowest BCUT2D eigenvalue weighted by atomic mass is 9.83. The van der Waals surface area contributed by atoms with Gasteiger partial charge in [-0.1, -0.05) is 30.6 Å². The number of carbonyl (C=O) groups is 2. The van der Waals surface area contributed by atoms with Crippen molar-refractivity contribution in [2.75, 3.05) is 13.2 Å². The number of fused-ring (bicyclic) bond motifs is 1. The second-order valence-electron chi connectivity index (χ2n) is 8.86. The molecule has 9 nitrogen and oxygen atoms in total. The van der Waals surface area contributed by atoms with Gasteiger partial charge in [-0.3, -0.25) is 14.6 Å². The molecule has 3 aliphatic rings. The van der Waals surface area contributed by atoms with Gasteiger partial charge in [0.25, 0.3) is 5.91 Å². The van der Waals surface area contributed by atoms with Crippen LogP contribution in [0, 0.1) is 5.92 Å². The van der Waals surface area contributed by atoms with Gasteiger partial charge in [0.15, 0.2) is 0 Å². The largest absolute Gasteiger partial charge is 0.388 e. The first-order chi connectivity index (χ1) is 16.0. The number of ether oxygens (including phenoxy) is 1. The molecule has 4 heterocycles. The molecule has 11 heteroatoms. The quantitative estimate of drug-likeness (QED) is 0.613. The number of hydrogen-bond donors (Lipinski definition) is 2. The molecule has 2 saturated heterocycles. The number of nitrogens with zero attached hydrogens (tertiary/aromatic N) is 4. The Labute approximate surface area is 200 Å². The Balaban J connectivity index is 1.36. The van der Waals surface area contributed by atoms with Crippen molar-refractivity contribution >= 4 is 34.8 Å². The summed E-state index contributed by atoms with van der Waals surface area (Å²) in [5, 5.41) is 22.0. The molecule has 2 aromatic rings. The Morgan fingerprint density at radius 2 is 1.97 bits per heavy atom. The Morgan fingerprint density at radius 1 is 1.21 bits per heavy atom. The number of aliphatic hydroxyl groups is 1. The average molecular weight is 492 g/mol. The smallest absolute Gasteiger partial charge is 0.282 e. The van der Waals surface area contributed by atoms with E-state index in [1.165, 1.54) is 11.3 Å². The summed E-state index contributed by atoms with van der Waals surface area (Å²) < 4.78 is 5.62. The van der Waals surface area contributed by atoms with E-state index in [9.17, 15) is 14.7 Å². The Bertz CT molecular complexity index is 1000. The molecule has 2 amide bonds. The third-order valence-electron chi connectivity index (χ3n) is 6.78. The van der Waals surface area contributed by atoms with E-state index in [1.807, 2.05) is 0 Å². The van der Waals surface area contributed by atoms with Gasteiger partial charge in [-0.25, -0.2) is 0 Å². The van der Waals surface area contributed by atoms with Crippen LogP contribution >= 0.6 is 22.9 Å². The summed E-state index contributed by atoms with van der Waals surface area (Å²) in [5.74, 6) is -0.606. The summed E-state index contributed by atoms with van der Waals surface area (Å²) in [6, 6.07) is 2.42. The van der Waals surface area contributed by atoms with Crippen molar-refractivity contribution in [3.05, 3.63) is 29.5 Å². The zero-order chi connectivity index (χ0) is 22.9. The SMILES string of the molecule is O=C(N[C@H](C(=O)N1C[C@H](Cl)[C@H]2OC[C@H](O)[C@H]21)C1CCCCC1)c1nnc(-c2ccncc2)s1. The van der Waals surface area contributed by atoms with Gasteiger partial charge >= 0.3 is 0 Å². The molecule has 1 aliphatic carbocycles. The van der Waals surface area contributed by atoms with Crippen LogP contribution in [0.15, 0.2) is 24.5 Å². The third kappa shape index (κ3) is 4.49. The van der Waals surface area contributed by atoms with Gasteiger partial charge < -0.3 is 20.1 Å². The first-order valence-corrected chi connectivity index (χ1v) is 12.6. The number of amides is 2. The van der Waals surface area contributed by atoms with Gasteiger partial charge in [-0.2, -0.15) is 0 Å². The summed E-state index contributed by atoms with van der Waals surface area (Å²) in [4.78, 5) is 32.5. The van der Waals surface area contributed by atoms with Crippen molar-refractivity contribution in [1.82, 2.24) is 25.4 Å². The topological polar surface area (TPSA) is 118 Å². The van der Waals surface area contributed by atoms with E-state index in [0.717, 1.165) is 37.7 Å². The lowest BCUT2D eigenvalue weighted by molar-refractivity contribution is -0.137. The van der Waals surface area contributed by atoms with Crippen LogP contribution in [0.3, 0.4) is 0 Å². The zero-order valence-electron chi connectivity index (χ0n) is 18.0. The van der Waals surface area contributed by atoms with Gasteiger partial charge in [0.2, 0.25) is 10.9 Å². The van der Waals surface area contributed by atoms with Crippen LogP contribution in [-0.2, 0) is 9.53 Å². The second-order valence-corrected chi connectivity index (χ2v) is 10.4. The van der Waals surface area contributed by atoms with Crippen molar-refractivity contribution in [2.45, 2.75) is 61.8 Å². The third-order valence-corrected chi connectivity index (χ3v) is 8.14. The van der Waals surface area contributed by atoms with Crippen LogP contribution in [0.25, 0.3) is 10.6 Å². The first-order valence-electron chi connectivity index (χ1n) is 11.3. The number of hydrogen-bond acceptors (Lipinski definition) is 8. The van der Waals surface area contributed by atoms with Crippen LogP contribution in [-0.4, -0.2) is 79.8 Å². The minimum absolute atomic E-state index is 0.0232. The van der Waals surface area contributed by atoms with Gasteiger partial charge in [0, 0.05) is 24.5 Å². The molecular formula is C22H26ClN5O4S. The molecule has 0 radical (unpaired) electrons. The van der Waals surface area contributed by atoms with E-state index in [2.05, 4.69) is 20.5 Å². The maximum atomic E-state index is 13.7. The van der Waals surface area contributed by atoms with Crippen molar-refractivity contribution in [3.8, 4) is 10.6 Å². The fraction of sp³-hybridized carbons (Fsp3) is 0.591. The first kappa shape index (κ1) is 22.6. The van der Waals surface area contributed by atoms with Crippen LogP contribution in [0.1, 0.15) is 41.9 Å². The zero-order valence-corrected chi connectivity index (χ0v) is 19.5. The maximum absolute atomic E-state index is 13.7. The van der Waals surface area contributed by atoms with E-state index >= 15 is 0 Å². The van der Waals surface area contributed by atoms with Gasteiger partial charge in [-0.05, 0) is 30.9 Å². The van der Waals surface area contributed by atoms with E-state index in [4.69, 9.17) is 16.3 Å². The number of nitrogens with one attached hydrogen (secondary N) is 1. The van der Waals surface area contributed by atoms with E-state index in [0.29, 0.717) is 5.01 Å². The Hall–Kier alpha value is -2.14. The lowest BCUT2D eigenvalue weighted by Crippen LogP contribution is -2.56. The minimum Gasteiger partial charge on any atom is -0.388 e. The molecule has 33 heavy (non-hydrogen) atoms. The fourth-order valence-corrected chi connectivity index (χ4v) is 6.26. The van der Waals surface area contributed by atoms with Crippen molar-refractivity contribution < 1.29 is 19.4 Å². The predicted molar refractivity (Wildman–Crippen MR) is 122 cm³/mol. The van der Waals surface area contributed by atoms with E-state index < -0.39 is 24.1 Å². The summed E-state index contributed by atoms with van der Waals surface area (Å²) in [7, 11) is 0. The molecule has 0 aromatic carbocycles. The summed E-state index contributed by atoms with van der Waals surface area (Å²) in [6.07, 6.45) is 7.03. The van der Waals surface area contributed by atoms with Crippen molar-refractivity contribution in [1.29, 1.82) is 0 Å². The lowest BCUT2D eigenvalue weighted by Gasteiger charge is -2.35. The maximum Gasteiger partial charge on any atom is 0.282 e. The fourth-order valence-electron chi connectivity index (χ4n) is 5.14. The Kier molecular flexibility index (Phi) is 6.60. The summed E-state index contributed by atoms with van der Waals surface area (Å²) in [5.41, 5.74) is 0.827. The highest BCUT2D eigenvalue weighted by Crippen LogP contribution is 2.35. The second kappa shape index (κ2) is 9.61. The molecule has 2 N–H and O–H groups in total. The number of rotatable bonds is 5. The van der Waals surface area contributed by atoms with Crippen LogP contribution in [0.4, 0.5) is 0 Å². The number of aromatic nitrogens is 3. The number of carbonyl (C=O) groups excluding carboxylic acids is 2. The molecule has 5 atom stereocenters. The highest BCUT2D eigenvalue weighted by Gasteiger charge is 2.53. The van der Waals surface area contributed by atoms with Crippen molar-refractivity contribution in [2.24, 2.45) is 5.92 Å². The molecule has 2 aromatic heterocycles. The van der Waals surface area contributed by atoms with Gasteiger partial charge in [-0.15, -0.1) is 21.8 Å². The molecule has 3 fully saturated rings. The molecule has 0 unspecified atom stereocenters. The molecule has 176 valence electrons. The summed E-state index contributed by atoms with van der Waals surface area (Å²) in [6.45, 7) is 0.447. The van der Waals surface area contributed by atoms with Gasteiger partial charge in [0.05, 0.1) is 24.1 Å². The summed E-state index contributed by atoms with van der Waals surface area (Å²) >= 11 is 7.61. The predicted octanol–water partition coefficient (Wildman–Crippen LogP) is 1.86. The number of alkyl halides is 1. The highest BCUT2D eigenvalue weighted by molar-refractivity contribution is 7.16. The molecule has 1 saturated carbocycles. The molecule has 2 aliphatic heterocycles. The van der Waals surface area contributed by atoms with Crippen molar-refractivity contribution in [3.63, 3.8) is 0 Å². The van der Waals surface area contributed by atoms with Crippen LogP contribution in [0.5, 0.6) is 0 Å². The standard InChI is InChI=1S/C22H26ClN5O4S/c23-14-10-28(17-15(29)11-32-18(14)17)22(31)16(12-4-2-1-3-5-12)25-19(30)21-27-26-20(33-21)13-6-8-24-9-7-13/h6-9,12,14-18,29H,1-5,10-11H2,(H,25,30)/t14-,15-,16-,17+,18+/m0/s1. The number of likely N-dealkylation sites (tertiary alicyclic amines) is 1.